The molecule has 0 aliphatic heterocycles. The van der Waals surface area contributed by atoms with Crippen LogP contribution in [-0.2, 0) is 25.4 Å². The number of nitrogens with zero attached hydrogens (tertiary/aromatic N) is 4. The fourth-order valence-electron chi connectivity index (χ4n) is 2.61. The molecule has 130 valence electrons. The van der Waals surface area contributed by atoms with Gasteiger partial charge in [0.2, 0.25) is 5.91 Å². The number of carbonyl (C=O) groups excluding carboxylic acids is 1. The fraction of sp³-hybridized carbons (Fsp3) is 0.294. The standard InChI is InChI=1S/C17H19N5O3/c1-20-15(13(10-18)16(24)21(2)17(20)25)22(9-8-14(19)23)11-12-6-4-3-5-7-12/h3-7H,8-9,11H2,1-2H3,(H2,19,23). The smallest absolute Gasteiger partial charge is 0.332 e. The normalized spacial score (nSPS) is 10.3. The van der Waals surface area contributed by atoms with Crippen molar-refractivity contribution in [1.82, 2.24) is 9.13 Å². The molecule has 2 aromatic rings. The fourth-order valence-corrected chi connectivity index (χ4v) is 2.61. The molecule has 0 radical (unpaired) electrons. The Morgan fingerprint density at radius 3 is 2.40 bits per heavy atom. The van der Waals surface area contributed by atoms with Crippen LogP contribution in [0.5, 0.6) is 0 Å². The lowest BCUT2D eigenvalue weighted by Crippen LogP contribution is -2.43. The second kappa shape index (κ2) is 7.49. The Bertz CT molecular complexity index is 938. The van der Waals surface area contributed by atoms with Gasteiger partial charge in [0.1, 0.15) is 11.9 Å². The predicted octanol–water partition coefficient (Wildman–Crippen LogP) is -0.162. The van der Waals surface area contributed by atoms with Crippen molar-refractivity contribution in [3.05, 3.63) is 62.3 Å². The van der Waals surface area contributed by atoms with E-state index in [0.29, 0.717) is 6.54 Å². The van der Waals surface area contributed by atoms with E-state index in [4.69, 9.17) is 5.73 Å². The van der Waals surface area contributed by atoms with Crippen molar-refractivity contribution in [2.24, 2.45) is 19.8 Å². The molecule has 25 heavy (non-hydrogen) atoms. The van der Waals surface area contributed by atoms with Crippen molar-refractivity contribution < 1.29 is 4.79 Å². The minimum absolute atomic E-state index is 0.0289. The summed E-state index contributed by atoms with van der Waals surface area (Å²) in [6.07, 6.45) is 0.0289. The average molecular weight is 341 g/mol. The lowest BCUT2D eigenvalue weighted by molar-refractivity contribution is -0.117. The molecule has 0 aliphatic carbocycles. The summed E-state index contributed by atoms with van der Waals surface area (Å²) in [5.41, 5.74) is 4.78. The van der Waals surface area contributed by atoms with E-state index in [-0.39, 0.29) is 24.3 Å². The van der Waals surface area contributed by atoms with Crippen LogP contribution in [0.4, 0.5) is 5.82 Å². The van der Waals surface area contributed by atoms with Crippen LogP contribution in [0, 0.1) is 11.3 Å². The molecule has 1 aromatic heterocycles. The zero-order chi connectivity index (χ0) is 18.6. The molecule has 0 spiro atoms. The van der Waals surface area contributed by atoms with Gasteiger partial charge in [-0.05, 0) is 5.56 Å². The van der Waals surface area contributed by atoms with Crippen molar-refractivity contribution in [2.45, 2.75) is 13.0 Å². The summed E-state index contributed by atoms with van der Waals surface area (Å²) in [6, 6.07) is 11.2. The largest absolute Gasteiger partial charge is 0.370 e. The number of anilines is 1. The summed E-state index contributed by atoms with van der Waals surface area (Å²) in [7, 11) is 2.81. The van der Waals surface area contributed by atoms with Crippen LogP contribution in [0.15, 0.2) is 39.9 Å². The van der Waals surface area contributed by atoms with Crippen LogP contribution in [0.2, 0.25) is 0 Å². The first-order valence-electron chi connectivity index (χ1n) is 7.64. The molecular weight excluding hydrogens is 322 g/mol. The lowest BCUT2D eigenvalue weighted by atomic mass is 10.2. The minimum atomic E-state index is -0.669. The highest BCUT2D eigenvalue weighted by Crippen LogP contribution is 2.18. The van der Waals surface area contributed by atoms with Crippen molar-refractivity contribution in [3.8, 4) is 6.07 Å². The van der Waals surface area contributed by atoms with Gasteiger partial charge in [-0.2, -0.15) is 5.26 Å². The van der Waals surface area contributed by atoms with Crippen LogP contribution in [0.1, 0.15) is 17.5 Å². The van der Waals surface area contributed by atoms with Gasteiger partial charge in [0.25, 0.3) is 5.56 Å². The quantitative estimate of drug-likeness (QED) is 0.784. The van der Waals surface area contributed by atoms with E-state index >= 15 is 0 Å². The third kappa shape index (κ3) is 3.77. The molecule has 8 nitrogen and oxygen atoms in total. The molecule has 8 heteroatoms. The zero-order valence-electron chi connectivity index (χ0n) is 14.1. The van der Waals surface area contributed by atoms with Gasteiger partial charge < -0.3 is 10.6 Å². The molecule has 0 saturated heterocycles. The van der Waals surface area contributed by atoms with Crippen molar-refractivity contribution in [3.63, 3.8) is 0 Å². The van der Waals surface area contributed by atoms with Crippen molar-refractivity contribution in [2.75, 3.05) is 11.4 Å². The number of hydrogen-bond donors (Lipinski definition) is 1. The van der Waals surface area contributed by atoms with Crippen LogP contribution in [-0.4, -0.2) is 21.6 Å². The van der Waals surface area contributed by atoms with E-state index in [2.05, 4.69) is 0 Å². The van der Waals surface area contributed by atoms with E-state index < -0.39 is 17.2 Å². The van der Waals surface area contributed by atoms with Crippen LogP contribution in [0.3, 0.4) is 0 Å². The van der Waals surface area contributed by atoms with Gasteiger partial charge in [-0.25, -0.2) is 4.79 Å². The van der Waals surface area contributed by atoms with Crippen LogP contribution >= 0.6 is 0 Å². The first kappa shape index (κ1) is 18.0. The van der Waals surface area contributed by atoms with Gasteiger partial charge in [-0.1, -0.05) is 30.3 Å². The number of rotatable bonds is 6. The maximum absolute atomic E-state index is 12.3. The number of amides is 1. The summed E-state index contributed by atoms with van der Waals surface area (Å²) in [4.78, 5) is 37.4. The third-order valence-electron chi connectivity index (χ3n) is 3.89. The highest BCUT2D eigenvalue weighted by atomic mass is 16.2. The molecule has 1 heterocycles. The molecule has 1 amide bonds. The van der Waals surface area contributed by atoms with Crippen LogP contribution in [0.25, 0.3) is 0 Å². The third-order valence-corrected chi connectivity index (χ3v) is 3.89. The van der Waals surface area contributed by atoms with E-state index in [9.17, 15) is 19.6 Å². The van der Waals surface area contributed by atoms with Gasteiger partial charge in [0.05, 0.1) is 0 Å². The molecule has 0 bridgehead atoms. The Labute approximate surface area is 144 Å². The van der Waals surface area contributed by atoms with Gasteiger partial charge in [-0.3, -0.25) is 18.7 Å². The number of hydrogen-bond acceptors (Lipinski definition) is 5. The average Bonchev–Trinajstić information content (AvgIpc) is 2.60. The topological polar surface area (TPSA) is 114 Å². The Kier molecular flexibility index (Phi) is 5.39. The molecule has 2 rings (SSSR count). The Morgan fingerprint density at radius 2 is 1.84 bits per heavy atom. The summed E-state index contributed by atoms with van der Waals surface area (Å²) in [5, 5.41) is 9.43. The maximum atomic E-state index is 12.3. The number of primary amides is 1. The van der Waals surface area contributed by atoms with Gasteiger partial charge in [0.15, 0.2) is 5.56 Å². The predicted molar refractivity (Wildman–Crippen MR) is 92.9 cm³/mol. The minimum Gasteiger partial charge on any atom is -0.370 e. The van der Waals surface area contributed by atoms with E-state index in [1.807, 2.05) is 36.4 Å². The summed E-state index contributed by atoms with van der Waals surface area (Å²) >= 11 is 0. The highest BCUT2D eigenvalue weighted by molar-refractivity contribution is 5.74. The number of nitriles is 1. The Morgan fingerprint density at radius 1 is 1.20 bits per heavy atom. The van der Waals surface area contributed by atoms with Gasteiger partial charge in [-0.15, -0.1) is 0 Å². The summed E-state index contributed by atoms with van der Waals surface area (Å²) < 4.78 is 2.13. The summed E-state index contributed by atoms with van der Waals surface area (Å²) in [5.74, 6) is -0.328. The molecule has 0 aliphatic rings. The molecular formula is C17H19N5O3. The summed E-state index contributed by atoms with van der Waals surface area (Å²) in [6.45, 7) is 0.503. The molecule has 1 aromatic carbocycles. The molecule has 0 unspecified atom stereocenters. The Hall–Kier alpha value is -3.34. The van der Waals surface area contributed by atoms with Gasteiger partial charge in [0, 0.05) is 33.6 Å². The monoisotopic (exact) mass is 341 g/mol. The van der Waals surface area contributed by atoms with E-state index in [1.54, 1.807) is 4.90 Å². The lowest BCUT2D eigenvalue weighted by Gasteiger charge is -2.27. The van der Waals surface area contributed by atoms with Gasteiger partial charge >= 0.3 is 5.69 Å². The first-order valence-corrected chi connectivity index (χ1v) is 7.64. The second-order valence-electron chi connectivity index (χ2n) is 5.64. The second-order valence-corrected chi connectivity index (χ2v) is 5.64. The zero-order valence-corrected chi connectivity index (χ0v) is 14.1. The number of aromatic nitrogens is 2. The van der Waals surface area contributed by atoms with E-state index in [0.717, 1.165) is 10.1 Å². The molecule has 2 N–H and O–H groups in total. The van der Waals surface area contributed by atoms with Crippen molar-refractivity contribution >= 4 is 11.7 Å². The van der Waals surface area contributed by atoms with Crippen molar-refractivity contribution in [1.29, 1.82) is 5.26 Å². The number of nitrogens with two attached hydrogens (primary N) is 1. The Balaban J connectivity index is 2.61. The molecule has 0 fully saturated rings. The van der Waals surface area contributed by atoms with Crippen LogP contribution < -0.4 is 21.9 Å². The molecule has 0 saturated carbocycles. The number of carbonyl (C=O) groups is 1. The SMILES string of the molecule is Cn1c(N(CCC(N)=O)Cc2ccccc2)c(C#N)c(=O)n(C)c1=O. The highest BCUT2D eigenvalue weighted by Gasteiger charge is 2.21. The molecule has 0 atom stereocenters. The number of benzene rings is 1. The van der Waals surface area contributed by atoms with E-state index in [1.165, 1.54) is 18.7 Å². The first-order chi connectivity index (χ1) is 11.9. The maximum Gasteiger partial charge on any atom is 0.332 e.